The molecule has 12 heteroatoms. The molecular formula is C26H35ClN6O5. The summed E-state index contributed by atoms with van der Waals surface area (Å²) < 4.78 is 0. The summed E-state index contributed by atoms with van der Waals surface area (Å²) in [5.74, 6) is -2.52. The van der Waals surface area contributed by atoms with E-state index < -0.39 is 35.9 Å². The molecule has 2 amide bonds. The van der Waals surface area contributed by atoms with Crippen LogP contribution < -0.4 is 27.4 Å². The number of nitrogens with two attached hydrogens (primary N) is 2. The smallest absolute Gasteiger partial charge is 0.326 e. The summed E-state index contributed by atoms with van der Waals surface area (Å²) in [4.78, 5) is 46.7. The molecule has 0 saturated heterocycles. The van der Waals surface area contributed by atoms with Gasteiger partial charge in [0.25, 0.3) is 0 Å². The predicted octanol–water partition coefficient (Wildman–Crippen LogP) is 0.888. The fraction of sp³-hybridized carbons (Fsp3) is 0.346. The Hall–Kier alpha value is -3.96. The van der Waals surface area contributed by atoms with Crippen LogP contribution in [0.25, 0.3) is 0 Å². The highest BCUT2D eigenvalue weighted by Crippen LogP contribution is 2.07. The number of hydrogen-bond acceptors (Lipinski definition) is 6. The van der Waals surface area contributed by atoms with Crippen molar-refractivity contribution in [1.82, 2.24) is 16.0 Å². The molecule has 2 aromatic rings. The van der Waals surface area contributed by atoms with Crippen LogP contribution in [0, 0.1) is 5.41 Å². The Labute approximate surface area is 226 Å². The number of carboxylic acid groups (broad SMARTS) is 1. The Balaban J connectivity index is 0.00000168. The lowest BCUT2D eigenvalue weighted by Gasteiger charge is -2.23. The Morgan fingerprint density at radius 1 is 0.895 bits per heavy atom. The maximum atomic E-state index is 13.0. The van der Waals surface area contributed by atoms with Gasteiger partial charge in [0, 0.05) is 19.9 Å². The van der Waals surface area contributed by atoms with Crippen molar-refractivity contribution in [3.63, 3.8) is 0 Å². The third-order valence-electron chi connectivity index (χ3n) is 5.15. The summed E-state index contributed by atoms with van der Waals surface area (Å²) >= 11 is 4.64. The summed E-state index contributed by atoms with van der Waals surface area (Å²) in [5.41, 5.74) is 13.0. The van der Waals surface area contributed by atoms with Crippen molar-refractivity contribution in [2.75, 3.05) is 6.54 Å². The molecule has 2 aromatic carbocycles. The third kappa shape index (κ3) is 14.0. The van der Waals surface area contributed by atoms with E-state index in [-0.39, 0.29) is 24.0 Å². The van der Waals surface area contributed by atoms with E-state index in [1.54, 1.807) is 0 Å². The average molecular weight is 547 g/mol. The highest BCUT2D eigenvalue weighted by molar-refractivity contribution is 6.62. The molecule has 38 heavy (non-hydrogen) atoms. The summed E-state index contributed by atoms with van der Waals surface area (Å²) in [6.07, 6.45) is 0.970. The quantitative estimate of drug-likeness (QED) is 0.0830. The van der Waals surface area contributed by atoms with Crippen molar-refractivity contribution in [2.45, 2.75) is 50.7 Å². The van der Waals surface area contributed by atoms with Crippen LogP contribution in [0.4, 0.5) is 0 Å². The van der Waals surface area contributed by atoms with Crippen LogP contribution in [0.15, 0.2) is 60.7 Å². The van der Waals surface area contributed by atoms with Gasteiger partial charge in [-0.3, -0.25) is 19.8 Å². The number of aliphatic carboxylic acids is 1. The number of nitrogens with one attached hydrogen (secondary N) is 4. The molecule has 0 aliphatic carbocycles. The number of amides is 2. The Kier molecular flexibility index (Phi) is 14.8. The summed E-state index contributed by atoms with van der Waals surface area (Å²) in [6, 6.07) is 15.4. The minimum Gasteiger partial charge on any atom is -0.480 e. The molecule has 0 saturated carbocycles. The van der Waals surface area contributed by atoms with Gasteiger partial charge < -0.3 is 32.5 Å². The average Bonchev–Trinajstić information content (AvgIpc) is 2.85. The lowest BCUT2D eigenvalue weighted by molar-refractivity contribution is -0.142. The van der Waals surface area contributed by atoms with Gasteiger partial charge in [-0.2, -0.15) is 0 Å². The summed E-state index contributed by atoms with van der Waals surface area (Å²) in [5, 5.41) is 24.1. The molecule has 0 radical (unpaired) electrons. The number of hydrogen-bond donors (Lipinski definition) is 7. The standard InChI is InChI=1S/C24H32N6O4.C2H3ClO/c25-18(14-16-8-3-1-4-9-16)21(31)30-20(15-17-10-5-2-6-11-17)22(32)29-19(23(33)34)12-7-13-28-24(26)27;1-2(3)4/h1-6,8-11,18-20H,7,12-15,25H2,(H,29,32)(H,30,31)(H,33,34)(H4,26,27,28);1H3/t18-,19+,20+;/m1./s1. The van der Waals surface area contributed by atoms with Crippen LogP contribution in [0.3, 0.4) is 0 Å². The molecule has 0 aliphatic rings. The zero-order valence-corrected chi connectivity index (χ0v) is 21.9. The second-order valence-electron chi connectivity index (χ2n) is 8.40. The first-order valence-electron chi connectivity index (χ1n) is 11.9. The lowest BCUT2D eigenvalue weighted by Crippen LogP contribution is -2.55. The summed E-state index contributed by atoms with van der Waals surface area (Å²) in [7, 11) is 0. The van der Waals surface area contributed by atoms with Crippen LogP contribution in [0.2, 0.25) is 0 Å². The Bertz CT molecular complexity index is 1050. The van der Waals surface area contributed by atoms with E-state index in [1.807, 2.05) is 60.7 Å². The molecule has 9 N–H and O–H groups in total. The first-order valence-corrected chi connectivity index (χ1v) is 12.3. The molecule has 0 spiro atoms. The molecular weight excluding hydrogens is 512 g/mol. The van der Waals surface area contributed by atoms with Crippen molar-refractivity contribution in [2.24, 2.45) is 11.5 Å². The van der Waals surface area contributed by atoms with Gasteiger partial charge in [0.1, 0.15) is 12.1 Å². The largest absolute Gasteiger partial charge is 0.480 e. The molecule has 0 bridgehead atoms. The van der Waals surface area contributed by atoms with E-state index in [2.05, 4.69) is 27.6 Å². The van der Waals surface area contributed by atoms with Gasteiger partial charge in [0.2, 0.25) is 17.1 Å². The zero-order valence-electron chi connectivity index (χ0n) is 21.2. The molecule has 206 valence electrons. The zero-order chi connectivity index (χ0) is 28.5. The lowest BCUT2D eigenvalue weighted by atomic mass is 10.0. The van der Waals surface area contributed by atoms with E-state index in [0.717, 1.165) is 11.1 Å². The minimum atomic E-state index is -1.19. The molecule has 11 nitrogen and oxygen atoms in total. The molecule has 0 aromatic heterocycles. The Morgan fingerprint density at radius 3 is 1.84 bits per heavy atom. The number of guanidine groups is 1. The van der Waals surface area contributed by atoms with Gasteiger partial charge in [0.05, 0.1) is 6.04 Å². The van der Waals surface area contributed by atoms with Crippen molar-refractivity contribution < 1.29 is 24.3 Å². The maximum absolute atomic E-state index is 13.0. The molecule has 0 fully saturated rings. The molecule has 0 heterocycles. The second-order valence-corrected chi connectivity index (χ2v) is 8.93. The van der Waals surface area contributed by atoms with Gasteiger partial charge in [-0.05, 0) is 42.0 Å². The molecule has 3 atom stereocenters. The fourth-order valence-corrected chi connectivity index (χ4v) is 3.36. The van der Waals surface area contributed by atoms with Crippen LogP contribution in [-0.2, 0) is 32.0 Å². The van der Waals surface area contributed by atoms with E-state index >= 15 is 0 Å². The van der Waals surface area contributed by atoms with Gasteiger partial charge >= 0.3 is 5.97 Å². The second kappa shape index (κ2) is 17.5. The normalized spacial score (nSPS) is 12.5. The van der Waals surface area contributed by atoms with Crippen molar-refractivity contribution >= 4 is 40.6 Å². The topological polar surface area (TPSA) is 200 Å². The highest BCUT2D eigenvalue weighted by Gasteiger charge is 2.28. The number of halogens is 1. The van der Waals surface area contributed by atoms with E-state index in [0.29, 0.717) is 19.4 Å². The first kappa shape index (κ1) is 32.1. The monoisotopic (exact) mass is 546 g/mol. The number of rotatable bonds is 13. The van der Waals surface area contributed by atoms with Crippen molar-refractivity contribution in [1.29, 1.82) is 5.41 Å². The van der Waals surface area contributed by atoms with Crippen LogP contribution >= 0.6 is 11.6 Å². The van der Waals surface area contributed by atoms with Gasteiger partial charge in [-0.25, -0.2) is 4.79 Å². The molecule has 2 rings (SSSR count). The molecule has 0 aliphatic heterocycles. The van der Waals surface area contributed by atoms with Gasteiger partial charge in [0.15, 0.2) is 5.96 Å². The van der Waals surface area contributed by atoms with Gasteiger partial charge in [-0.15, -0.1) is 0 Å². The number of carboxylic acids is 1. The number of carbonyl (C=O) groups is 4. The number of carbonyl (C=O) groups excluding carboxylic acids is 3. The number of benzene rings is 2. The highest BCUT2D eigenvalue weighted by atomic mass is 35.5. The van der Waals surface area contributed by atoms with E-state index in [1.165, 1.54) is 6.92 Å². The van der Waals surface area contributed by atoms with Crippen LogP contribution in [0.5, 0.6) is 0 Å². The predicted molar refractivity (Wildman–Crippen MR) is 145 cm³/mol. The fourth-order valence-electron chi connectivity index (χ4n) is 3.36. The maximum Gasteiger partial charge on any atom is 0.326 e. The third-order valence-corrected chi connectivity index (χ3v) is 5.15. The van der Waals surface area contributed by atoms with E-state index in [9.17, 15) is 24.3 Å². The minimum absolute atomic E-state index is 0.126. The molecule has 0 unspecified atom stereocenters. The van der Waals surface area contributed by atoms with Crippen molar-refractivity contribution in [3.8, 4) is 0 Å². The summed E-state index contributed by atoms with van der Waals surface area (Å²) in [6.45, 7) is 1.59. The van der Waals surface area contributed by atoms with Crippen LogP contribution in [0.1, 0.15) is 30.9 Å². The van der Waals surface area contributed by atoms with E-state index in [4.69, 9.17) is 16.9 Å². The van der Waals surface area contributed by atoms with Gasteiger partial charge in [-0.1, -0.05) is 60.7 Å². The SMILES string of the molecule is CC(=O)Cl.N=C(N)NCCC[C@H](NC(=O)[C@H](Cc1ccccc1)NC(=O)[C@H](N)Cc1ccccc1)C(=O)O. The van der Waals surface area contributed by atoms with Crippen LogP contribution in [-0.4, -0.2) is 58.8 Å². The Morgan fingerprint density at radius 2 is 1.37 bits per heavy atom. The first-order chi connectivity index (χ1) is 18.0. The van der Waals surface area contributed by atoms with Crippen molar-refractivity contribution in [3.05, 3.63) is 71.8 Å².